The highest BCUT2D eigenvalue weighted by atomic mass is 19.1. The van der Waals surface area contributed by atoms with E-state index in [1.54, 1.807) is 42.3 Å². The van der Waals surface area contributed by atoms with Crippen LogP contribution in [0.1, 0.15) is 60.1 Å². The summed E-state index contributed by atoms with van der Waals surface area (Å²) in [5, 5.41) is 0. The van der Waals surface area contributed by atoms with Crippen molar-refractivity contribution in [2.75, 3.05) is 34.4 Å². The van der Waals surface area contributed by atoms with Gasteiger partial charge in [-0.05, 0) is 37.1 Å². The second-order valence-electron chi connectivity index (χ2n) is 7.93. The number of nitrogens with zero attached hydrogens (tertiary/aromatic N) is 2. The standard InChI is InChI=1S/C25H31FN2O4/c1-6-8-13-28(7-2)25(30)22-17-14-20(31-4)21(32-5)15-18(17)24(29)27(3)23(22)16-11-9-10-12-19(16)26/h9-12,14-15,22-23H,6-8,13H2,1-5H3/t22-,23+/m0/s1. The first kappa shape index (κ1) is 23.6. The number of rotatable bonds is 8. The summed E-state index contributed by atoms with van der Waals surface area (Å²) in [6.45, 7) is 5.13. The molecule has 0 fully saturated rings. The third kappa shape index (κ3) is 4.16. The Balaban J connectivity index is 2.25. The molecule has 0 spiro atoms. The van der Waals surface area contributed by atoms with Gasteiger partial charge in [0.25, 0.3) is 5.91 Å². The van der Waals surface area contributed by atoms with Gasteiger partial charge in [0.15, 0.2) is 11.5 Å². The lowest BCUT2D eigenvalue weighted by molar-refractivity contribution is -0.134. The highest BCUT2D eigenvalue weighted by Crippen LogP contribution is 2.46. The van der Waals surface area contributed by atoms with E-state index in [0.29, 0.717) is 41.3 Å². The summed E-state index contributed by atoms with van der Waals surface area (Å²) >= 11 is 0. The zero-order valence-electron chi connectivity index (χ0n) is 19.4. The van der Waals surface area contributed by atoms with Crippen molar-refractivity contribution >= 4 is 11.8 Å². The van der Waals surface area contributed by atoms with E-state index in [1.165, 1.54) is 25.2 Å². The van der Waals surface area contributed by atoms with Crippen molar-refractivity contribution < 1.29 is 23.5 Å². The molecule has 1 aliphatic rings. The van der Waals surface area contributed by atoms with Crippen molar-refractivity contribution in [3.05, 3.63) is 58.9 Å². The van der Waals surface area contributed by atoms with Gasteiger partial charge in [-0.2, -0.15) is 0 Å². The zero-order chi connectivity index (χ0) is 23.4. The van der Waals surface area contributed by atoms with Gasteiger partial charge in [-0.3, -0.25) is 9.59 Å². The molecule has 0 radical (unpaired) electrons. The normalized spacial score (nSPS) is 17.7. The summed E-state index contributed by atoms with van der Waals surface area (Å²) in [5.41, 5.74) is 1.20. The van der Waals surface area contributed by atoms with Gasteiger partial charge < -0.3 is 19.3 Å². The SMILES string of the molecule is CCCCN(CC)C(=O)[C@H]1c2cc(OC)c(OC)cc2C(=O)N(C)[C@@H]1c1ccccc1F. The Kier molecular flexibility index (Phi) is 7.38. The second-order valence-corrected chi connectivity index (χ2v) is 7.93. The van der Waals surface area contributed by atoms with Crippen LogP contribution in [0.15, 0.2) is 36.4 Å². The maximum absolute atomic E-state index is 14.9. The Hall–Kier alpha value is -3.09. The lowest BCUT2D eigenvalue weighted by Gasteiger charge is -2.41. The number of fused-ring (bicyclic) bond motifs is 1. The minimum atomic E-state index is -0.780. The van der Waals surface area contributed by atoms with Gasteiger partial charge in [-0.1, -0.05) is 31.5 Å². The molecule has 0 saturated heterocycles. The molecule has 0 aromatic heterocycles. The Morgan fingerprint density at radius 3 is 2.34 bits per heavy atom. The Labute approximate surface area is 188 Å². The summed E-state index contributed by atoms with van der Waals surface area (Å²) in [4.78, 5) is 30.5. The molecule has 0 unspecified atom stereocenters. The fourth-order valence-corrected chi connectivity index (χ4v) is 4.39. The fraction of sp³-hybridized carbons (Fsp3) is 0.440. The van der Waals surface area contributed by atoms with Crippen LogP contribution in [0.25, 0.3) is 0 Å². The predicted octanol–water partition coefficient (Wildman–Crippen LogP) is 4.40. The van der Waals surface area contributed by atoms with E-state index < -0.39 is 17.8 Å². The van der Waals surface area contributed by atoms with Gasteiger partial charge in [0, 0.05) is 31.3 Å². The number of carbonyl (C=O) groups is 2. The van der Waals surface area contributed by atoms with Crippen LogP contribution in [0.5, 0.6) is 11.5 Å². The van der Waals surface area contributed by atoms with E-state index in [0.717, 1.165) is 12.8 Å². The molecular weight excluding hydrogens is 411 g/mol. The highest BCUT2D eigenvalue weighted by molar-refractivity contribution is 6.02. The smallest absolute Gasteiger partial charge is 0.254 e. The molecule has 6 nitrogen and oxygen atoms in total. The van der Waals surface area contributed by atoms with E-state index in [1.807, 2.05) is 6.92 Å². The van der Waals surface area contributed by atoms with Crippen molar-refractivity contribution in [1.29, 1.82) is 0 Å². The van der Waals surface area contributed by atoms with Crippen LogP contribution < -0.4 is 9.47 Å². The minimum Gasteiger partial charge on any atom is -0.493 e. The highest BCUT2D eigenvalue weighted by Gasteiger charge is 2.45. The van der Waals surface area contributed by atoms with Crippen LogP contribution in [-0.2, 0) is 4.79 Å². The monoisotopic (exact) mass is 442 g/mol. The molecular formula is C25H31FN2O4. The number of ether oxygens (including phenoxy) is 2. The van der Waals surface area contributed by atoms with E-state index in [9.17, 15) is 14.0 Å². The van der Waals surface area contributed by atoms with Crippen LogP contribution in [0, 0.1) is 5.82 Å². The van der Waals surface area contributed by atoms with Gasteiger partial charge in [-0.15, -0.1) is 0 Å². The maximum atomic E-state index is 14.9. The first-order valence-electron chi connectivity index (χ1n) is 11.0. The third-order valence-corrected chi connectivity index (χ3v) is 6.14. The second kappa shape index (κ2) is 10.0. The molecule has 0 saturated carbocycles. The Bertz CT molecular complexity index is 994. The topological polar surface area (TPSA) is 59.1 Å². The van der Waals surface area contributed by atoms with Crippen molar-refractivity contribution in [2.45, 2.75) is 38.6 Å². The minimum absolute atomic E-state index is 0.137. The Morgan fingerprint density at radius 2 is 1.75 bits per heavy atom. The maximum Gasteiger partial charge on any atom is 0.254 e. The van der Waals surface area contributed by atoms with Crippen molar-refractivity contribution in [2.24, 2.45) is 0 Å². The molecule has 2 aromatic rings. The lowest BCUT2D eigenvalue weighted by Crippen LogP contribution is -2.47. The molecule has 0 N–H and O–H groups in total. The number of halogens is 1. The van der Waals surface area contributed by atoms with Crippen molar-refractivity contribution in [1.82, 2.24) is 9.80 Å². The zero-order valence-corrected chi connectivity index (χ0v) is 19.4. The molecule has 1 heterocycles. The average molecular weight is 443 g/mol. The molecule has 2 amide bonds. The quantitative estimate of drug-likeness (QED) is 0.608. The van der Waals surface area contributed by atoms with Gasteiger partial charge in [0.05, 0.1) is 26.2 Å². The lowest BCUT2D eigenvalue weighted by atomic mass is 9.78. The van der Waals surface area contributed by atoms with E-state index in [2.05, 4.69) is 6.92 Å². The molecule has 32 heavy (non-hydrogen) atoms. The van der Waals surface area contributed by atoms with Gasteiger partial charge in [-0.25, -0.2) is 4.39 Å². The van der Waals surface area contributed by atoms with E-state index >= 15 is 0 Å². The summed E-state index contributed by atoms with van der Waals surface area (Å²) in [7, 11) is 4.61. The third-order valence-electron chi connectivity index (χ3n) is 6.14. The number of hydrogen-bond acceptors (Lipinski definition) is 4. The molecule has 172 valence electrons. The van der Waals surface area contributed by atoms with Crippen LogP contribution in [0.2, 0.25) is 0 Å². The van der Waals surface area contributed by atoms with Gasteiger partial charge >= 0.3 is 0 Å². The van der Waals surface area contributed by atoms with Crippen LogP contribution in [-0.4, -0.2) is 56.0 Å². The number of benzene rings is 2. The predicted molar refractivity (Wildman–Crippen MR) is 121 cm³/mol. The molecule has 0 bridgehead atoms. The van der Waals surface area contributed by atoms with E-state index in [4.69, 9.17) is 9.47 Å². The van der Waals surface area contributed by atoms with Crippen molar-refractivity contribution in [3.8, 4) is 11.5 Å². The number of amides is 2. The average Bonchev–Trinajstić information content (AvgIpc) is 2.81. The summed E-state index contributed by atoms with van der Waals surface area (Å²) < 4.78 is 25.8. The van der Waals surface area contributed by atoms with Crippen molar-refractivity contribution in [3.63, 3.8) is 0 Å². The molecule has 2 atom stereocenters. The summed E-state index contributed by atoms with van der Waals surface area (Å²) in [6, 6.07) is 8.82. The summed E-state index contributed by atoms with van der Waals surface area (Å²) in [6.07, 6.45) is 1.81. The fourth-order valence-electron chi connectivity index (χ4n) is 4.39. The largest absolute Gasteiger partial charge is 0.493 e. The number of hydrogen-bond donors (Lipinski definition) is 0. The van der Waals surface area contributed by atoms with E-state index in [-0.39, 0.29) is 11.8 Å². The number of methoxy groups -OCH3 is 2. The molecule has 0 aliphatic carbocycles. The Morgan fingerprint density at radius 1 is 1.09 bits per heavy atom. The van der Waals surface area contributed by atoms with Crippen LogP contribution in [0.4, 0.5) is 4.39 Å². The molecule has 7 heteroatoms. The molecule has 2 aromatic carbocycles. The molecule has 1 aliphatic heterocycles. The summed E-state index contributed by atoms with van der Waals surface area (Å²) in [5.74, 6) is -0.833. The van der Waals surface area contributed by atoms with Crippen LogP contribution >= 0.6 is 0 Å². The first-order valence-corrected chi connectivity index (χ1v) is 11.0. The van der Waals surface area contributed by atoms with Gasteiger partial charge in [0.1, 0.15) is 5.82 Å². The number of unbranched alkanes of at least 4 members (excludes halogenated alkanes) is 1. The van der Waals surface area contributed by atoms with Crippen LogP contribution in [0.3, 0.4) is 0 Å². The molecule has 3 rings (SSSR count). The number of likely N-dealkylation sites (N-methyl/N-ethyl adjacent to an activating group) is 2. The van der Waals surface area contributed by atoms with Gasteiger partial charge in [0.2, 0.25) is 5.91 Å². The number of carbonyl (C=O) groups excluding carboxylic acids is 2. The first-order chi connectivity index (χ1) is 15.4.